The molecule has 3 aromatic rings. The van der Waals surface area contributed by atoms with Gasteiger partial charge in [-0.3, -0.25) is 19.3 Å². The smallest absolute Gasteiger partial charge is 0.279 e. The lowest BCUT2D eigenvalue weighted by Crippen LogP contribution is -2.28. The van der Waals surface area contributed by atoms with Crippen LogP contribution in [0.3, 0.4) is 0 Å². The van der Waals surface area contributed by atoms with Gasteiger partial charge in [0.2, 0.25) is 11.8 Å². The number of hydrogen-bond donors (Lipinski definition) is 0. The summed E-state index contributed by atoms with van der Waals surface area (Å²) in [5, 5.41) is 0. The van der Waals surface area contributed by atoms with Crippen molar-refractivity contribution in [2.75, 3.05) is 18.1 Å². The molecule has 2 heterocycles. The fourth-order valence-electron chi connectivity index (χ4n) is 3.98. The molecule has 1 aromatic heterocycles. The average Bonchev–Trinajstić information content (AvgIpc) is 3.27. The fourth-order valence-corrected chi connectivity index (χ4v) is 5.21. The quantitative estimate of drug-likeness (QED) is 0.422. The number of carbonyl (C=O) groups is 3. The maximum atomic E-state index is 13.1. The summed E-state index contributed by atoms with van der Waals surface area (Å²) >= 11 is 1.46. The van der Waals surface area contributed by atoms with Crippen LogP contribution in [0.5, 0.6) is 0 Å². The molecule has 0 atom stereocenters. The zero-order valence-electron chi connectivity index (χ0n) is 18.4. The van der Waals surface area contributed by atoms with Crippen molar-refractivity contribution in [3.63, 3.8) is 0 Å². The Morgan fingerprint density at radius 3 is 2.59 bits per heavy atom. The number of nitrogens with zero attached hydrogens (tertiary/aromatic N) is 3. The summed E-state index contributed by atoms with van der Waals surface area (Å²) in [7, 11) is 0. The molecule has 7 nitrogen and oxygen atoms in total. The number of benzene rings is 2. The van der Waals surface area contributed by atoms with Crippen LogP contribution < -0.4 is 9.70 Å². The molecule has 1 saturated heterocycles. The fraction of sp³-hybridized carbons (Fsp3) is 0.333. The van der Waals surface area contributed by atoms with E-state index >= 15 is 0 Å². The molecule has 32 heavy (non-hydrogen) atoms. The van der Waals surface area contributed by atoms with E-state index in [9.17, 15) is 14.4 Å². The second-order valence-corrected chi connectivity index (χ2v) is 8.76. The molecule has 0 spiro atoms. The number of anilines is 1. The lowest BCUT2D eigenvalue weighted by atomic mass is 10.1. The summed E-state index contributed by atoms with van der Waals surface area (Å²) < 4.78 is 8.63. The minimum atomic E-state index is -0.419. The van der Waals surface area contributed by atoms with Gasteiger partial charge in [-0.15, -0.1) is 0 Å². The highest BCUT2D eigenvalue weighted by molar-refractivity contribution is 7.16. The number of thiazole rings is 1. The lowest BCUT2D eigenvalue weighted by Gasteiger charge is -2.14. The Labute approximate surface area is 190 Å². The molecule has 0 bridgehead atoms. The highest BCUT2D eigenvalue weighted by Gasteiger charge is 2.30. The highest BCUT2D eigenvalue weighted by Crippen LogP contribution is 2.25. The molecule has 0 aliphatic carbocycles. The Balaban J connectivity index is 1.75. The van der Waals surface area contributed by atoms with Crippen molar-refractivity contribution >= 4 is 45.0 Å². The second kappa shape index (κ2) is 9.18. The van der Waals surface area contributed by atoms with Crippen molar-refractivity contribution in [3.8, 4) is 0 Å². The molecule has 166 valence electrons. The first-order valence-corrected chi connectivity index (χ1v) is 11.4. The van der Waals surface area contributed by atoms with Gasteiger partial charge >= 0.3 is 0 Å². The third-order valence-electron chi connectivity index (χ3n) is 5.38. The van der Waals surface area contributed by atoms with E-state index in [0.29, 0.717) is 35.8 Å². The van der Waals surface area contributed by atoms with Crippen LogP contribution in [0, 0.1) is 13.8 Å². The van der Waals surface area contributed by atoms with Crippen molar-refractivity contribution < 1.29 is 19.1 Å². The third kappa shape index (κ3) is 4.28. The number of aromatic nitrogens is 1. The van der Waals surface area contributed by atoms with Crippen LogP contribution in [-0.4, -0.2) is 35.5 Å². The van der Waals surface area contributed by atoms with Gasteiger partial charge in [-0.2, -0.15) is 4.99 Å². The highest BCUT2D eigenvalue weighted by atomic mass is 32.1. The first-order valence-electron chi connectivity index (χ1n) is 10.6. The van der Waals surface area contributed by atoms with Crippen molar-refractivity contribution in [2.24, 2.45) is 4.99 Å². The summed E-state index contributed by atoms with van der Waals surface area (Å²) in [4.78, 5) is 43.4. The molecule has 0 unspecified atom stereocenters. The van der Waals surface area contributed by atoms with Gasteiger partial charge in [0, 0.05) is 31.6 Å². The van der Waals surface area contributed by atoms with E-state index in [2.05, 4.69) is 24.0 Å². The molecule has 0 radical (unpaired) electrons. The maximum absolute atomic E-state index is 13.1. The number of rotatable bonds is 6. The predicted molar refractivity (Wildman–Crippen MR) is 124 cm³/mol. The number of hydrogen-bond acceptors (Lipinski definition) is 5. The molecule has 3 amide bonds. The number of imide groups is 1. The normalized spacial score (nSPS) is 14.7. The van der Waals surface area contributed by atoms with Crippen LogP contribution in [-0.2, 0) is 20.9 Å². The monoisotopic (exact) mass is 451 g/mol. The summed E-state index contributed by atoms with van der Waals surface area (Å²) in [6, 6.07) is 10.7. The molecule has 0 N–H and O–H groups in total. The Morgan fingerprint density at radius 1 is 1.12 bits per heavy atom. The zero-order valence-corrected chi connectivity index (χ0v) is 19.2. The summed E-state index contributed by atoms with van der Waals surface area (Å²) in [5.74, 6) is -0.918. The number of fused-ring (bicyclic) bond motifs is 1. The topological polar surface area (TPSA) is 81.0 Å². The van der Waals surface area contributed by atoms with Gasteiger partial charge in [-0.1, -0.05) is 23.5 Å². The van der Waals surface area contributed by atoms with Crippen molar-refractivity contribution in [3.05, 3.63) is 57.9 Å². The van der Waals surface area contributed by atoms with E-state index in [0.717, 1.165) is 26.2 Å². The molecule has 1 fully saturated rings. The number of aryl methyl sites for hydroxylation is 2. The number of amides is 3. The summed E-state index contributed by atoms with van der Waals surface area (Å²) in [6.45, 7) is 7.77. The van der Waals surface area contributed by atoms with Crippen LogP contribution in [0.1, 0.15) is 41.3 Å². The van der Waals surface area contributed by atoms with Gasteiger partial charge in [-0.25, -0.2) is 0 Å². The first-order chi connectivity index (χ1) is 15.4. The Bertz CT molecular complexity index is 1270. The average molecular weight is 452 g/mol. The number of ether oxygens (including phenoxy) is 1. The minimum absolute atomic E-state index is 0.196. The van der Waals surface area contributed by atoms with Gasteiger partial charge in [0.25, 0.3) is 5.91 Å². The SMILES string of the molecule is CCOCCn1c(=NC(=O)c2cccc(N3C(=O)CCC3=O)c2)sc2cc(C)cc(C)c21. The van der Waals surface area contributed by atoms with Crippen LogP contribution in [0.15, 0.2) is 41.4 Å². The molecule has 1 aliphatic rings. The van der Waals surface area contributed by atoms with Crippen LogP contribution in [0.2, 0.25) is 0 Å². The summed E-state index contributed by atoms with van der Waals surface area (Å²) in [5.41, 5.74) is 4.06. The van der Waals surface area contributed by atoms with E-state index < -0.39 is 5.91 Å². The largest absolute Gasteiger partial charge is 0.380 e. The van der Waals surface area contributed by atoms with Gasteiger partial charge in [0.15, 0.2) is 4.80 Å². The Hall–Kier alpha value is -3.10. The Kier molecular flexibility index (Phi) is 6.34. The molecular formula is C24H25N3O4S. The number of carbonyl (C=O) groups excluding carboxylic acids is 3. The third-order valence-corrected chi connectivity index (χ3v) is 6.40. The van der Waals surface area contributed by atoms with Crippen molar-refractivity contribution in [1.29, 1.82) is 0 Å². The van der Waals surface area contributed by atoms with Crippen LogP contribution >= 0.6 is 11.3 Å². The minimum Gasteiger partial charge on any atom is -0.380 e. The molecule has 0 saturated carbocycles. The Morgan fingerprint density at radius 2 is 1.88 bits per heavy atom. The van der Waals surface area contributed by atoms with E-state index in [1.54, 1.807) is 24.3 Å². The van der Waals surface area contributed by atoms with Gasteiger partial charge < -0.3 is 9.30 Å². The van der Waals surface area contributed by atoms with Gasteiger partial charge in [-0.05, 0) is 56.2 Å². The zero-order chi connectivity index (χ0) is 22.8. The molecule has 4 rings (SSSR count). The first kappa shape index (κ1) is 22.1. The molecular weight excluding hydrogens is 426 g/mol. The molecule has 2 aromatic carbocycles. The van der Waals surface area contributed by atoms with Gasteiger partial charge in [0.05, 0.1) is 22.5 Å². The van der Waals surface area contributed by atoms with E-state index in [1.165, 1.54) is 11.3 Å². The predicted octanol–water partition coefficient (Wildman–Crippen LogP) is 3.75. The van der Waals surface area contributed by atoms with E-state index in [-0.39, 0.29) is 24.7 Å². The van der Waals surface area contributed by atoms with Crippen LogP contribution in [0.25, 0.3) is 10.2 Å². The molecule has 1 aliphatic heterocycles. The second-order valence-electron chi connectivity index (χ2n) is 7.75. The maximum Gasteiger partial charge on any atom is 0.279 e. The van der Waals surface area contributed by atoms with Crippen molar-refractivity contribution in [1.82, 2.24) is 4.57 Å². The van der Waals surface area contributed by atoms with E-state index in [4.69, 9.17) is 4.74 Å². The lowest BCUT2D eigenvalue weighted by molar-refractivity contribution is -0.121. The standard InChI is InChI=1S/C24H25N3O4S/c1-4-31-11-10-26-22-16(3)12-15(2)13-19(22)32-24(26)25-23(30)17-6-5-7-18(14-17)27-20(28)8-9-21(27)29/h5-7,12-14H,4,8-11H2,1-3H3. The van der Waals surface area contributed by atoms with Gasteiger partial charge in [0.1, 0.15) is 0 Å². The van der Waals surface area contributed by atoms with Crippen LogP contribution in [0.4, 0.5) is 5.69 Å². The van der Waals surface area contributed by atoms with E-state index in [1.807, 2.05) is 18.4 Å². The summed E-state index contributed by atoms with van der Waals surface area (Å²) in [6.07, 6.45) is 0.392. The van der Waals surface area contributed by atoms with Crippen molar-refractivity contribution in [2.45, 2.75) is 40.2 Å². The molecule has 8 heteroatoms.